The van der Waals surface area contributed by atoms with Crippen LogP contribution in [0.4, 0.5) is 0 Å². The Morgan fingerprint density at radius 2 is 2.04 bits per heavy atom. The molecule has 1 saturated heterocycles. The fraction of sp³-hybridized carbons (Fsp3) is 0.682. The first-order valence-corrected chi connectivity index (χ1v) is 9.74. The number of carbonyl (C=O) groups is 1. The highest BCUT2D eigenvalue weighted by molar-refractivity contribution is 5.90. The van der Waals surface area contributed by atoms with Crippen molar-refractivity contribution in [3.8, 4) is 23.7 Å². The van der Waals surface area contributed by atoms with Crippen molar-refractivity contribution >= 4 is 5.78 Å². The Balaban J connectivity index is 2.00. The van der Waals surface area contributed by atoms with Crippen LogP contribution in [-0.2, 0) is 14.3 Å². The summed E-state index contributed by atoms with van der Waals surface area (Å²) in [5.41, 5.74) is 0. The fourth-order valence-electron chi connectivity index (χ4n) is 2.52. The first-order chi connectivity index (χ1) is 12.3. The lowest BCUT2D eigenvalue weighted by molar-refractivity contribution is -0.162. The number of unbranched alkanes of at least 4 members (excludes halogenated alkanes) is 5. The molecular weight excluding hydrogens is 312 g/mol. The lowest BCUT2D eigenvalue weighted by atomic mass is 10.1. The van der Waals surface area contributed by atoms with Crippen molar-refractivity contribution in [2.75, 3.05) is 13.2 Å². The molecule has 1 fully saturated rings. The summed E-state index contributed by atoms with van der Waals surface area (Å²) in [6.45, 7) is 3.68. The molecule has 0 aromatic rings. The van der Waals surface area contributed by atoms with Gasteiger partial charge in [0, 0.05) is 19.4 Å². The van der Waals surface area contributed by atoms with Crippen LogP contribution in [0.2, 0.25) is 0 Å². The summed E-state index contributed by atoms with van der Waals surface area (Å²) in [7, 11) is 0. The maximum atomic E-state index is 11.6. The standard InChI is InChI=1S/C22H32O3/c1-2-3-4-8-11-16-21(23)17-12-9-6-5-7-10-14-19-24-22-18-13-15-20-25-22/h12,17,22H,2-4,8,10-11,13-16,18-20H2,1H3/b17-12+. The van der Waals surface area contributed by atoms with Crippen LogP contribution in [0.1, 0.15) is 77.6 Å². The zero-order valence-electron chi connectivity index (χ0n) is 15.6. The Labute approximate surface area is 153 Å². The smallest absolute Gasteiger partial charge is 0.157 e. The minimum atomic E-state index is -0.0178. The Morgan fingerprint density at radius 1 is 1.16 bits per heavy atom. The van der Waals surface area contributed by atoms with Crippen LogP contribution in [0.3, 0.4) is 0 Å². The van der Waals surface area contributed by atoms with Crippen molar-refractivity contribution in [1.29, 1.82) is 0 Å². The molecule has 1 rings (SSSR count). The average Bonchev–Trinajstić information content (AvgIpc) is 2.64. The summed E-state index contributed by atoms with van der Waals surface area (Å²) in [6, 6.07) is 0. The van der Waals surface area contributed by atoms with Gasteiger partial charge in [0.15, 0.2) is 12.1 Å². The third-order valence-electron chi connectivity index (χ3n) is 3.99. The van der Waals surface area contributed by atoms with E-state index < -0.39 is 0 Å². The minimum Gasteiger partial charge on any atom is -0.353 e. The predicted molar refractivity (Wildman–Crippen MR) is 102 cm³/mol. The zero-order valence-corrected chi connectivity index (χ0v) is 15.6. The van der Waals surface area contributed by atoms with Crippen LogP contribution >= 0.6 is 0 Å². The van der Waals surface area contributed by atoms with Gasteiger partial charge in [0.25, 0.3) is 0 Å². The molecule has 0 aromatic heterocycles. The van der Waals surface area contributed by atoms with Gasteiger partial charge in [0.2, 0.25) is 0 Å². The summed E-state index contributed by atoms with van der Waals surface area (Å²) in [5, 5.41) is 0. The molecule has 0 N–H and O–H groups in total. The molecule has 0 bridgehead atoms. The molecule has 1 unspecified atom stereocenters. The van der Waals surface area contributed by atoms with E-state index in [1.165, 1.54) is 25.7 Å². The average molecular weight is 344 g/mol. The molecule has 0 radical (unpaired) electrons. The molecule has 0 amide bonds. The highest BCUT2D eigenvalue weighted by Crippen LogP contribution is 2.13. The van der Waals surface area contributed by atoms with Crippen molar-refractivity contribution in [3.05, 3.63) is 12.2 Å². The summed E-state index contributed by atoms with van der Waals surface area (Å²) >= 11 is 0. The molecule has 0 spiro atoms. The van der Waals surface area contributed by atoms with Gasteiger partial charge >= 0.3 is 0 Å². The molecular formula is C22H32O3. The van der Waals surface area contributed by atoms with E-state index in [1.54, 1.807) is 12.2 Å². The molecule has 138 valence electrons. The third kappa shape index (κ3) is 13.4. The molecule has 0 aromatic carbocycles. The van der Waals surface area contributed by atoms with E-state index in [1.807, 2.05) is 0 Å². The SMILES string of the molecule is CCCCCCCC(=O)/C=C/C#CC#CCCCOC1CCCCO1. The Bertz CT molecular complexity index is 493. The number of allylic oxidation sites excluding steroid dienone is 2. The van der Waals surface area contributed by atoms with Gasteiger partial charge < -0.3 is 9.47 Å². The van der Waals surface area contributed by atoms with Crippen molar-refractivity contribution < 1.29 is 14.3 Å². The van der Waals surface area contributed by atoms with Crippen LogP contribution < -0.4 is 0 Å². The Morgan fingerprint density at radius 3 is 2.84 bits per heavy atom. The minimum absolute atomic E-state index is 0.0178. The van der Waals surface area contributed by atoms with E-state index in [-0.39, 0.29) is 12.1 Å². The second-order valence-corrected chi connectivity index (χ2v) is 6.31. The van der Waals surface area contributed by atoms with Gasteiger partial charge in [-0.2, -0.15) is 0 Å². The topological polar surface area (TPSA) is 35.5 Å². The number of carbonyl (C=O) groups excluding carboxylic acids is 1. The lowest BCUT2D eigenvalue weighted by Crippen LogP contribution is -2.22. The van der Waals surface area contributed by atoms with Crippen molar-refractivity contribution in [1.82, 2.24) is 0 Å². The van der Waals surface area contributed by atoms with Gasteiger partial charge in [0.1, 0.15) is 0 Å². The highest BCUT2D eigenvalue weighted by atomic mass is 16.7. The van der Waals surface area contributed by atoms with Gasteiger partial charge in [-0.1, -0.05) is 44.4 Å². The van der Waals surface area contributed by atoms with Gasteiger partial charge in [-0.15, -0.1) is 0 Å². The third-order valence-corrected chi connectivity index (χ3v) is 3.99. The maximum Gasteiger partial charge on any atom is 0.157 e. The number of hydrogen-bond donors (Lipinski definition) is 0. The van der Waals surface area contributed by atoms with Gasteiger partial charge in [-0.25, -0.2) is 0 Å². The fourth-order valence-corrected chi connectivity index (χ4v) is 2.52. The molecule has 1 aliphatic rings. The van der Waals surface area contributed by atoms with E-state index in [2.05, 4.69) is 30.6 Å². The highest BCUT2D eigenvalue weighted by Gasteiger charge is 2.12. The lowest BCUT2D eigenvalue weighted by Gasteiger charge is -2.22. The first-order valence-electron chi connectivity index (χ1n) is 9.74. The Hall–Kier alpha value is -1.55. The maximum absolute atomic E-state index is 11.6. The molecule has 25 heavy (non-hydrogen) atoms. The van der Waals surface area contributed by atoms with E-state index >= 15 is 0 Å². The first kappa shape index (κ1) is 21.5. The molecule has 0 aliphatic carbocycles. The van der Waals surface area contributed by atoms with Gasteiger partial charge in [0.05, 0.1) is 6.61 Å². The van der Waals surface area contributed by atoms with Crippen molar-refractivity contribution in [2.24, 2.45) is 0 Å². The van der Waals surface area contributed by atoms with Crippen LogP contribution in [0.5, 0.6) is 0 Å². The van der Waals surface area contributed by atoms with E-state index in [9.17, 15) is 4.79 Å². The summed E-state index contributed by atoms with van der Waals surface area (Å²) < 4.78 is 11.1. The molecule has 3 nitrogen and oxygen atoms in total. The second kappa shape index (κ2) is 15.9. The van der Waals surface area contributed by atoms with Crippen molar-refractivity contribution in [3.63, 3.8) is 0 Å². The molecule has 1 atom stereocenters. The largest absolute Gasteiger partial charge is 0.353 e. The number of rotatable bonds is 11. The molecule has 0 saturated carbocycles. The normalized spacial score (nSPS) is 16.8. The van der Waals surface area contributed by atoms with Gasteiger partial charge in [-0.05, 0) is 56.1 Å². The molecule has 1 heterocycles. The van der Waals surface area contributed by atoms with E-state index in [0.717, 1.165) is 45.1 Å². The Kier molecular flexibility index (Phi) is 13.7. The summed E-state index contributed by atoms with van der Waals surface area (Å²) in [4.78, 5) is 11.6. The van der Waals surface area contributed by atoms with Gasteiger partial charge in [-0.3, -0.25) is 4.79 Å². The predicted octanol–water partition coefficient (Wildman–Crippen LogP) is 4.80. The number of ether oxygens (including phenoxy) is 2. The number of hydrogen-bond acceptors (Lipinski definition) is 3. The number of ketones is 1. The van der Waals surface area contributed by atoms with Crippen molar-refractivity contribution in [2.45, 2.75) is 83.8 Å². The molecule has 1 aliphatic heterocycles. The monoisotopic (exact) mass is 344 g/mol. The van der Waals surface area contributed by atoms with Crippen LogP contribution in [-0.4, -0.2) is 25.3 Å². The quantitative estimate of drug-likeness (QED) is 0.307. The summed E-state index contributed by atoms with van der Waals surface area (Å²) in [6.07, 6.45) is 14.6. The second-order valence-electron chi connectivity index (χ2n) is 6.31. The van der Waals surface area contributed by atoms with Crippen LogP contribution in [0.25, 0.3) is 0 Å². The van der Waals surface area contributed by atoms with E-state index in [4.69, 9.17) is 9.47 Å². The zero-order chi connectivity index (χ0) is 18.0. The summed E-state index contributed by atoms with van der Waals surface area (Å²) in [5.74, 6) is 11.5. The van der Waals surface area contributed by atoms with Crippen LogP contribution in [0, 0.1) is 23.7 Å². The molecule has 3 heteroatoms. The van der Waals surface area contributed by atoms with E-state index in [0.29, 0.717) is 13.0 Å². The van der Waals surface area contributed by atoms with Crippen LogP contribution in [0.15, 0.2) is 12.2 Å².